The van der Waals surface area contributed by atoms with Crippen LogP contribution in [0.1, 0.15) is 51.1 Å². The van der Waals surface area contributed by atoms with Gasteiger partial charge in [0.05, 0.1) is 12.6 Å². The Morgan fingerprint density at radius 2 is 2.12 bits per heavy atom. The van der Waals surface area contributed by atoms with Crippen LogP contribution in [0, 0.1) is 5.92 Å². The standard InChI is InChI=1S/C19H31N3O2.HI/c1-3-7-15(10-12-23)14-21-19(20-4-2)22-17-11-13-24-18-9-6-5-8-16(17)18;/h5-6,8-9,15,17,23H,3-4,7,10-14H2,1-2H3,(H2,20,21,22);1H. The van der Waals surface area contributed by atoms with Gasteiger partial charge in [-0.25, -0.2) is 0 Å². The van der Waals surface area contributed by atoms with E-state index in [1.165, 1.54) is 5.56 Å². The number of para-hydroxylation sites is 1. The fraction of sp³-hybridized carbons (Fsp3) is 0.632. The van der Waals surface area contributed by atoms with Crippen molar-refractivity contribution in [3.8, 4) is 5.75 Å². The third kappa shape index (κ3) is 7.01. The summed E-state index contributed by atoms with van der Waals surface area (Å²) in [6.45, 7) is 6.78. The summed E-state index contributed by atoms with van der Waals surface area (Å²) in [5.74, 6) is 2.25. The number of benzene rings is 1. The van der Waals surface area contributed by atoms with Crippen molar-refractivity contribution in [1.29, 1.82) is 0 Å². The molecule has 6 heteroatoms. The van der Waals surface area contributed by atoms with Gasteiger partial charge in [0.2, 0.25) is 0 Å². The Bertz CT molecular complexity index is 519. The maximum atomic E-state index is 9.21. The van der Waals surface area contributed by atoms with E-state index in [9.17, 15) is 5.11 Å². The summed E-state index contributed by atoms with van der Waals surface area (Å²) in [7, 11) is 0. The zero-order chi connectivity index (χ0) is 17.2. The van der Waals surface area contributed by atoms with Crippen molar-refractivity contribution in [2.75, 3.05) is 26.3 Å². The summed E-state index contributed by atoms with van der Waals surface area (Å²) in [6.07, 6.45) is 3.97. The van der Waals surface area contributed by atoms with Gasteiger partial charge < -0.3 is 20.5 Å². The molecule has 0 amide bonds. The summed E-state index contributed by atoms with van der Waals surface area (Å²) >= 11 is 0. The van der Waals surface area contributed by atoms with Crippen LogP contribution in [0.2, 0.25) is 0 Å². The van der Waals surface area contributed by atoms with Gasteiger partial charge >= 0.3 is 0 Å². The van der Waals surface area contributed by atoms with E-state index < -0.39 is 0 Å². The molecule has 0 saturated heterocycles. The van der Waals surface area contributed by atoms with Crippen molar-refractivity contribution in [3.05, 3.63) is 29.8 Å². The molecule has 1 aliphatic heterocycles. The number of nitrogens with zero attached hydrogens (tertiary/aromatic N) is 1. The maximum absolute atomic E-state index is 9.21. The average Bonchev–Trinajstić information content (AvgIpc) is 2.60. The Kier molecular flexibility index (Phi) is 10.9. The monoisotopic (exact) mass is 461 g/mol. The van der Waals surface area contributed by atoms with E-state index in [4.69, 9.17) is 9.73 Å². The third-order valence-electron chi connectivity index (χ3n) is 4.36. The normalized spacial score (nSPS) is 17.7. The van der Waals surface area contributed by atoms with E-state index in [1.807, 2.05) is 18.2 Å². The molecule has 0 saturated carbocycles. The molecule has 5 nitrogen and oxygen atoms in total. The van der Waals surface area contributed by atoms with Crippen LogP contribution < -0.4 is 15.4 Å². The molecule has 1 aromatic carbocycles. The van der Waals surface area contributed by atoms with Crippen molar-refractivity contribution in [3.63, 3.8) is 0 Å². The minimum Gasteiger partial charge on any atom is -0.493 e. The first kappa shape index (κ1) is 22.0. The summed E-state index contributed by atoms with van der Waals surface area (Å²) in [4.78, 5) is 4.76. The first-order valence-electron chi connectivity index (χ1n) is 9.15. The van der Waals surface area contributed by atoms with Crippen LogP contribution in [-0.2, 0) is 0 Å². The molecule has 0 aromatic heterocycles. The van der Waals surface area contributed by atoms with Crippen molar-refractivity contribution < 1.29 is 9.84 Å². The van der Waals surface area contributed by atoms with E-state index in [1.54, 1.807) is 0 Å². The predicted molar refractivity (Wildman–Crippen MR) is 114 cm³/mol. The molecule has 2 unspecified atom stereocenters. The summed E-state index contributed by atoms with van der Waals surface area (Å²) < 4.78 is 5.73. The van der Waals surface area contributed by atoms with Crippen molar-refractivity contribution in [1.82, 2.24) is 10.6 Å². The number of aliphatic imine (C=N–C) groups is 1. The van der Waals surface area contributed by atoms with Crippen LogP contribution in [0.4, 0.5) is 0 Å². The van der Waals surface area contributed by atoms with Crippen LogP contribution >= 0.6 is 24.0 Å². The molecular formula is C19H32IN3O2. The van der Waals surface area contributed by atoms with Gasteiger partial charge in [-0.3, -0.25) is 4.99 Å². The zero-order valence-electron chi connectivity index (χ0n) is 15.3. The largest absolute Gasteiger partial charge is 0.493 e. The zero-order valence-corrected chi connectivity index (χ0v) is 17.7. The van der Waals surface area contributed by atoms with Crippen molar-refractivity contribution >= 4 is 29.9 Å². The molecule has 25 heavy (non-hydrogen) atoms. The van der Waals surface area contributed by atoms with Gasteiger partial charge in [-0.05, 0) is 31.7 Å². The SMILES string of the molecule is CCCC(CCO)CN=C(NCC)NC1CCOc2ccccc21.I. The number of nitrogens with one attached hydrogen (secondary N) is 2. The second-order valence-corrected chi connectivity index (χ2v) is 6.26. The quantitative estimate of drug-likeness (QED) is 0.315. The first-order chi connectivity index (χ1) is 11.8. The predicted octanol–water partition coefficient (Wildman–Crippen LogP) is 3.48. The number of fused-ring (bicyclic) bond motifs is 1. The van der Waals surface area contributed by atoms with Crippen molar-refractivity contribution in [2.24, 2.45) is 10.9 Å². The van der Waals surface area contributed by atoms with Gasteiger partial charge in [0.15, 0.2) is 5.96 Å². The molecule has 0 spiro atoms. The van der Waals surface area contributed by atoms with E-state index in [-0.39, 0.29) is 36.6 Å². The summed E-state index contributed by atoms with van der Waals surface area (Å²) in [6, 6.07) is 8.40. The highest BCUT2D eigenvalue weighted by molar-refractivity contribution is 14.0. The molecule has 0 radical (unpaired) electrons. The highest BCUT2D eigenvalue weighted by atomic mass is 127. The van der Waals surface area contributed by atoms with Gasteiger partial charge in [0.25, 0.3) is 0 Å². The Labute approximate surface area is 168 Å². The number of aliphatic hydroxyl groups is 1. The lowest BCUT2D eigenvalue weighted by Gasteiger charge is -2.28. The second-order valence-electron chi connectivity index (χ2n) is 6.26. The van der Waals surface area contributed by atoms with Crippen LogP contribution in [0.3, 0.4) is 0 Å². The number of hydrogen-bond acceptors (Lipinski definition) is 3. The van der Waals surface area contributed by atoms with Crippen LogP contribution in [-0.4, -0.2) is 37.4 Å². The lowest BCUT2D eigenvalue weighted by atomic mass is 10.0. The molecule has 1 aliphatic rings. The van der Waals surface area contributed by atoms with E-state index >= 15 is 0 Å². The molecule has 3 N–H and O–H groups in total. The molecular weight excluding hydrogens is 429 g/mol. The minimum atomic E-state index is 0. The van der Waals surface area contributed by atoms with Crippen LogP contribution in [0.5, 0.6) is 5.75 Å². The smallest absolute Gasteiger partial charge is 0.191 e. The Balaban J connectivity index is 0.00000312. The Morgan fingerprint density at radius 1 is 1.32 bits per heavy atom. The molecule has 1 aromatic rings. The van der Waals surface area contributed by atoms with Gasteiger partial charge in [0.1, 0.15) is 5.75 Å². The molecule has 0 bridgehead atoms. The molecule has 0 aliphatic carbocycles. The molecule has 0 fully saturated rings. The number of rotatable bonds is 8. The highest BCUT2D eigenvalue weighted by Gasteiger charge is 2.21. The van der Waals surface area contributed by atoms with E-state index in [0.29, 0.717) is 5.92 Å². The fourth-order valence-electron chi connectivity index (χ4n) is 3.12. The molecule has 2 rings (SSSR count). The number of halogens is 1. The topological polar surface area (TPSA) is 65.9 Å². The summed E-state index contributed by atoms with van der Waals surface area (Å²) in [5.41, 5.74) is 1.19. The molecule has 2 atom stereocenters. The summed E-state index contributed by atoms with van der Waals surface area (Å²) in [5, 5.41) is 16.1. The van der Waals surface area contributed by atoms with Crippen LogP contribution in [0.25, 0.3) is 0 Å². The lowest BCUT2D eigenvalue weighted by Crippen LogP contribution is -2.41. The van der Waals surface area contributed by atoms with Gasteiger partial charge in [-0.2, -0.15) is 0 Å². The number of aliphatic hydroxyl groups excluding tert-OH is 1. The maximum Gasteiger partial charge on any atom is 0.191 e. The van der Waals surface area contributed by atoms with Crippen molar-refractivity contribution in [2.45, 2.75) is 45.6 Å². The highest BCUT2D eigenvalue weighted by Crippen LogP contribution is 2.31. The first-order valence-corrected chi connectivity index (χ1v) is 9.15. The Morgan fingerprint density at radius 3 is 2.84 bits per heavy atom. The van der Waals surface area contributed by atoms with E-state index in [0.717, 1.165) is 57.1 Å². The number of guanidine groups is 1. The Hall–Kier alpha value is -1.02. The van der Waals surface area contributed by atoms with Gasteiger partial charge in [0, 0.05) is 31.7 Å². The average molecular weight is 461 g/mol. The molecule has 142 valence electrons. The van der Waals surface area contributed by atoms with Crippen LogP contribution in [0.15, 0.2) is 29.3 Å². The lowest BCUT2D eigenvalue weighted by molar-refractivity contribution is 0.253. The fourth-order valence-corrected chi connectivity index (χ4v) is 3.12. The van der Waals surface area contributed by atoms with E-state index in [2.05, 4.69) is 30.5 Å². The minimum absolute atomic E-state index is 0. The van der Waals surface area contributed by atoms with Gasteiger partial charge in [-0.1, -0.05) is 31.5 Å². The third-order valence-corrected chi connectivity index (χ3v) is 4.36. The number of hydrogen-bond donors (Lipinski definition) is 3. The molecule has 1 heterocycles. The second kappa shape index (κ2) is 12.4. The number of ether oxygens (including phenoxy) is 1. The van der Waals surface area contributed by atoms with Gasteiger partial charge in [-0.15, -0.1) is 24.0 Å².